The average molecular weight is 445 g/mol. The van der Waals surface area contributed by atoms with E-state index in [1.165, 1.54) is 0 Å². The highest BCUT2D eigenvalue weighted by Crippen LogP contribution is 2.18. The maximum Gasteiger partial charge on any atom is 0.272 e. The van der Waals surface area contributed by atoms with E-state index in [-0.39, 0.29) is 5.91 Å². The Kier molecular flexibility index (Phi) is 6.58. The average Bonchev–Trinajstić information content (AvgIpc) is 2.68. The van der Waals surface area contributed by atoms with Gasteiger partial charge in [0, 0.05) is 21.4 Å². The van der Waals surface area contributed by atoms with E-state index < -0.39 is 0 Å². The Bertz CT molecular complexity index is 986. The first kappa shape index (κ1) is 19.5. The summed E-state index contributed by atoms with van der Waals surface area (Å²) in [5.74, 6) is 0.287. The molecule has 0 fully saturated rings. The molecule has 0 aliphatic rings. The summed E-state index contributed by atoms with van der Waals surface area (Å²) in [7, 11) is 0. The van der Waals surface area contributed by atoms with Gasteiger partial charge in [-0.15, -0.1) is 11.6 Å². The van der Waals surface area contributed by atoms with Crippen LogP contribution in [0.1, 0.15) is 34.5 Å². The molecule has 1 heterocycles. The van der Waals surface area contributed by atoms with Crippen molar-refractivity contribution in [3.05, 3.63) is 75.9 Å². The van der Waals surface area contributed by atoms with Gasteiger partial charge < -0.3 is 0 Å². The van der Waals surface area contributed by atoms with Crippen molar-refractivity contribution >= 4 is 50.1 Å². The number of nitrogens with one attached hydrogen (secondary N) is 1. The van der Waals surface area contributed by atoms with Crippen molar-refractivity contribution in [2.45, 2.75) is 19.8 Å². The number of rotatable bonds is 6. The monoisotopic (exact) mass is 443 g/mol. The van der Waals surface area contributed by atoms with Gasteiger partial charge in [0.2, 0.25) is 0 Å². The molecule has 0 radical (unpaired) electrons. The van der Waals surface area contributed by atoms with Crippen LogP contribution in [0, 0.1) is 6.92 Å². The van der Waals surface area contributed by atoms with E-state index in [0.29, 0.717) is 17.9 Å². The van der Waals surface area contributed by atoms with Crippen LogP contribution in [0.25, 0.3) is 10.9 Å². The van der Waals surface area contributed by atoms with Gasteiger partial charge in [-0.1, -0.05) is 46.3 Å². The van der Waals surface area contributed by atoms with Crippen molar-refractivity contribution in [2.75, 3.05) is 5.88 Å². The van der Waals surface area contributed by atoms with Gasteiger partial charge in [0.15, 0.2) is 0 Å². The lowest BCUT2D eigenvalue weighted by Crippen LogP contribution is -2.21. The van der Waals surface area contributed by atoms with Gasteiger partial charge in [-0.25, -0.2) is 5.43 Å². The molecule has 0 saturated carbocycles. The highest BCUT2D eigenvalue weighted by Gasteiger charge is 2.12. The van der Waals surface area contributed by atoms with E-state index in [0.717, 1.165) is 38.8 Å². The molecular formula is C21H19BrClN3O. The molecule has 3 aromatic rings. The molecule has 0 unspecified atom stereocenters. The van der Waals surface area contributed by atoms with Crippen LogP contribution >= 0.6 is 27.5 Å². The highest BCUT2D eigenvalue weighted by molar-refractivity contribution is 9.10. The molecular weight excluding hydrogens is 426 g/mol. The Balaban J connectivity index is 1.90. The van der Waals surface area contributed by atoms with Gasteiger partial charge in [-0.05, 0) is 49.6 Å². The van der Waals surface area contributed by atoms with E-state index in [1.54, 1.807) is 6.07 Å². The summed E-state index contributed by atoms with van der Waals surface area (Å²) in [4.78, 5) is 17.3. The maximum absolute atomic E-state index is 12.8. The number of hydrogen-bond donors (Lipinski definition) is 1. The van der Waals surface area contributed by atoms with Crippen LogP contribution in [-0.2, 0) is 0 Å². The fourth-order valence-corrected chi connectivity index (χ4v) is 3.21. The number of nitrogens with zero attached hydrogens (tertiary/aromatic N) is 2. The molecule has 6 heteroatoms. The molecule has 0 saturated heterocycles. The second-order valence-corrected chi connectivity index (χ2v) is 7.42. The number of aryl methyl sites for hydroxylation is 1. The number of hydrazone groups is 1. The first-order chi connectivity index (χ1) is 13.1. The predicted molar refractivity (Wildman–Crippen MR) is 115 cm³/mol. The molecule has 1 amide bonds. The van der Waals surface area contributed by atoms with Crippen LogP contribution < -0.4 is 5.43 Å². The third-order valence-corrected chi connectivity index (χ3v) is 4.90. The molecule has 2 aromatic carbocycles. The van der Waals surface area contributed by atoms with Crippen molar-refractivity contribution < 1.29 is 4.79 Å². The third kappa shape index (κ3) is 4.93. The number of hydrogen-bond acceptors (Lipinski definition) is 3. The van der Waals surface area contributed by atoms with E-state index in [4.69, 9.17) is 11.6 Å². The summed E-state index contributed by atoms with van der Waals surface area (Å²) in [6.45, 7) is 1.88. The Hall–Kier alpha value is -2.24. The number of carbonyl (C=O) groups excluding carboxylic acids is 1. The normalized spacial score (nSPS) is 11.6. The Morgan fingerprint density at radius 1 is 1.19 bits per heavy atom. The second kappa shape index (κ2) is 9.11. The lowest BCUT2D eigenvalue weighted by atomic mass is 10.1. The number of aromatic nitrogens is 1. The number of alkyl halides is 1. The number of benzene rings is 2. The molecule has 0 atom stereocenters. The number of fused-ring (bicyclic) bond motifs is 1. The molecule has 138 valence electrons. The molecule has 0 bridgehead atoms. The van der Waals surface area contributed by atoms with E-state index in [1.807, 2.05) is 55.5 Å². The lowest BCUT2D eigenvalue weighted by molar-refractivity contribution is 0.0956. The summed E-state index contributed by atoms with van der Waals surface area (Å²) >= 11 is 9.28. The molecule has 4 nitrogen and oxygen atoms in total. The molecule has 0 aliphatic heterocycles. The van der Waals surface area contributed by atoms with Gasteiger partial charge in [-0.2, -0.15) is 5.10 Å². The molecule has 0 aliphatic carbocycles. The number of amides is 1. The standard InChI is InChI=1S/C21H19BrClN3O/c1-14-13-18(17-5-2-3-6-20(17)24-14)21(27)26-25-19(7-4-12-23)15-8-10-16(22)11-9-15/h2-3,5-6,8-11,13H,4,7,12H2,1H3,(H,26,27)/b25-19-. The SMILES string of the molecule is Cc1cc(C(=O)N/N=C(/CCCCl)c2ccc(Br)cc2)c2ccccc2n1. The van der Waals surface area contributed by atoms with E-state index in [2.05, 4.69) is 31.4 Å². The fraction of sp³-hybridized carbons (Fsp3) is 0.190. The lowest BCUT2D eigenvalue weighted by Gasteiger charge is -2.09. The number of carbonyl (C=O) groups is 1. The zero-order chi connectivity index (χ0) is 19.2. The van der Waals surface area contributed by atoms with Crippen LogP contribution in [0.4, 0.5) is 0 Å². The third-order valence-electron chi connectivity index (χ3n) is 4.11. The molecule has 1 aromatic heterocycles. The van der Waals surface area contributed by atoms with Gasteiger partial charge >= 0.3 is 0 Å². The van der Waals surface area contributed by atoms with Crippen molar-refractivity contribution in [3.63, 3.8) is 0 Å². The van der Waals surface area contributed by atoms with Gasteiger partial charge in [0.25, 0.3) is 5.91 Å². The smallest absolute Gasteiger partial charge is 0.267 e. The quantitative estimate of drug-likeness (QED) is 0.312. The van der Waals surface area contributed by atoms with Crippen molar-refractivity contribution in [1.82, 2.24) is 10.4 Å². The van der Waals surface area contributed by atoms with Crippen LogP contribution in [0.2, 0.25) is 0 Å². The predicted octanol–water partition coefficient (Wildman–Crippen LogP) is 5.46. The van der Waals surface area contributed by atoms with Gasteiger partial charge in [0.1, 0.15) is 0 Å². The highest BCUT2D eigenvalue weighted by atomic mass is 79.9. The summed E-state index contributed by atoms with van der Waals surface area (Å²) in [5, 5.41) is 5.20. The summed E-state index contributed by atoms with van der Waals surface area (Å²) in [6.07, 6.45) is 1.46. The molecule has 0 spiro atoms. The minimum atomic E-state index is -0.253. The molecule has 3 rings (SSSR count). The van der Waals surface area contributed by atoms with E-state index >= 15 is 0 Å². The number of halogens is 2. The van der Waals surface area contributed by atoms with Crippen molar-refractivity contribution in [2.24, 2.45) is 5.10 Å². The second-order valence-electron chi connectivity index (χ2n) is 6.13. The summed E-state index contributed by atoms with van der Waals surface area (Å²) < 4.78 is 0.991. The molecule has 27 heavy (non-hydrogen) atoms. The summed E-state index contributed by atoms with van der Waals surface area (Å²) in [5.41, 5.74) is 6.61. The fourth-order valence-electron chi connectivity index (χ4n) is 2.82. The Morgan fingerprint density at radius 2 is 1.93 bits per heavy atom. The van der Waals surface area contributed by atoms with Crippen LogP contribution in [0.5, 0.6) is 0 Å². The molecule has 1 N–H and O–H groups in total. The van der Waals surface area contributed by atoms with Gasteiger partial charge in [-0.3, -0.25) is 9.78 Å². The Labute approximate surface area is 171 Å². The first-order valence-electron chi connectivity index (χ1n) is 8.63. The van der Waals surface area contributed by atoms with Crippen LogP contribution in [0.15, 0.2) is 64.2 Å². The van der Waals surface area contributed by atoms with Crippen LogP contribution in [-0.4, -0.2) is 22.5 Å². The largest absolute Gasteiger partial charge is 0.272 e. The zero-order valence-electron chi connectivity index (χ0n) is 14.9. The van der Waals surface area contributed by atoms with Crippen molar-refractivity contribution in [3.8, 4) is 0 Å². The maximum atomic E-state index is 12.8. The van der Waals surface area contributed by atoms with Crippen LogP contribution in [0.3, 0.4) is 0 Å². The minimum Gasteiger partial charge on any atom is -0.267 e. The number of pyridine rings is 1. The Morgan fingerprint density at radius 3 is 2.67 bits per heavy atom. The minimum absolute atomic E-state index is 0.253. The topological polar surface area (TPSA) is 54.4 Å². The van der Waals surface area contributed by atoms with E-state index in [9.17, 15) is 4.79 Å². The van der Waals surface area contributed by atoms with Gasteiger partial charge in [0.05, 0.1) is 16.8 Å². The summed E-state index contributed by atoms with van der Waals surface area (Å²) in [6, 6.07) is 17.2. The van der Waals surface area contributed by atoms with Crippen molar-refractivity contribution in [1.29, 1.82) is 0 Å². The first-order valence-corrected chi connectivity index (χ1v) is 9.96. The zero-order valence-corrected chi connectivity index (χ0v) is 17.2. The number of para-hydroxylation sites is 1.